The molecule has 0 radical (unpaired) electrons. The summed E-state index contributed by atoms with van der Waals surface area (Å²) in [5.74, 6) is 3.56. The molecule has 0 amide bonds. The van der Waals surface area contributed by atoms with Crippen molar-refractivity contribution in [1.82, 2.24) is 0 Å². The van der Waals surface area contributed by atoms with Gasteiger partial charge >= 0.3 is 0 Å². The first-order valence-electron chi connectivity index (χ1n) is 20.6. The van der Waals surface area contributed by atoms with E-state index in [1.165, 1.54) is 98.4 Å². The van der Waals surface area contributed by atoms with Crippen molar-refractivity contribution in [2.75, 3.05) is 4.90 Å². The lowest BCUT2D eigenvalue weighted by Crippen LogP contribution is -2.74. The topological polar surface area (TPSA) is 3.24 Å². The monoisotopic (exact) mass is 719 g/mol. The molecule has 5 aliphatic carbocycles. The van der Waals surface area contributed by atoms with E-state index in [1.807, 2.05) is 11.8 Å². The van der Waals surface area contributed by atoms with Crippen molar-refractivity contribution < 1.29 is 0 Å². The van der Waals surface area contributed by atoms with Crippen LogP contribution in [0.15, 0.2) is 137 Å². The minimum absolute atomic E-state index is 0.186. The van der Waals surface area contributed by atoms with Crippen LogP contribution in [0, 0.1) is 29.1 Å². The normalized spacial score (nSPS) is 29.8. The maximum atomic E-state index is 2.57. The minimum atomic E-state index is 0.186. The Hall–Kier alpha value is -4.27. The first-order valence-corrected chi connectivity index (χ1v) is 21.5. The number of fused-ring (bicyclic) bond motifs is 9. The molecule has 0 aromatic heterocycles. The highest BCUT2D eigenvalue weighted by Crippen LogP contribution is 2.89. The summed E-state index contributed by atoms with van der Waals surface area (Å²) in [7, 11) is 0. The lowest BCUT2D eigenvalue weighted by atomic mass is 9.26. The Morgan fingerprint density at radius 1 is 0.556 bits per heavy atom. The summed E-state index contributed by atoms with van der Waals surface area (Å²) in [6, 6.07) is 49.4. The molecule has 6 aliphatic rings. The summed E-state index contributed by atoms with van der Waals surface area (Å²) in [5.41, 5.74) is 13.8. The van der Waals surface area contributed by atoms with E-state index in [0.29, 0.717) is 5.41 Å². The van der Waals surface area contributed by atoms with Crippen LogP contribution in [0.1, 0.15) is 88.5 Å². The molecule has 268 valence electrons. The zero-order valence-electron chi connectivity index (χ0n) is 32.0. The van der Waals surface area contributed by atoms with Crippen LogP contribution < -0.4 is 4.90 Å². The van der Waals surface area contributed by atoms with E-state index in [9.17, 15) is 0 Å². The van der Waals surface area contributed by atoms with E-state index < -0.39 is 0 Å². The Balaban J connectivity index is 0.989. The van der Waals surface area contributed by atoms with Crippen LogP contribution in [0.3, 0.4) is 0 Å². The average Bonchev–Trinajstić information content (AvgIpc) is 3.72. The van der Waals surface area contributed by atoms with Gasteiger partial charge in [0.25, 0.3) is 0 Å². The Kier molecular flexibility index (Phi) is 6.36. The van der Waals surface area contributed by atoms with Gasteiger partial charge in [0.05, 0.1) is 5.69 Å². The van der Waals surface area contributed by atoms with Crippen molar-refractivity contribution >= 4 is 39.6 Å². The largest absolute Gasteiger partial charge is 0.310 e. The van der Waals surface area contributed by atoms with Crippen LogP contribution in [0.5, 0.6) is 0 Å². The van der Waals surface area contributed by atoms with Crippen molar-refractivity contribution in [2.45, 2.75) is 92.3 Å². The molecule has 6 unspecified atom stereocenters. The van der Waals surface area contributed by atoms with Gasteiger partial charge in [-0.3, -0.25) is 0 Å². The van der Waals surface area contributed by atoms with Crippen LogP contribution >= 0.6 is 11.8 Å². The van der Waals surface area contributed by atoms with Gasteiger partial charge in [0.1, 0.15) is 0 Å². The SMILES string of the molecule is CC1(C)CCC(C)(C)c2cc(-c3ccc(N(c4ccc5c(c4)Sc4ccccc4C54C5CC6CC7CC4C75C6)c4cccc5ccccc45)cc3)ccc21. The number of anilines is 3. The third-order valence-corrected chi connectivity index (χ3v) is 17.2. The molecule has 6 aromatic rings. The second-order valence-corrected chi connectivity index (χ2v) is 20.3. The van der Waals surface area contributed by atoms with E-state index in [2.05, 4.69) is 160 Å². The summed E-state index contributed by atoms with van der Waals surface area (Å²) in [4.78, 5) is 5.48. The van der Waals surface area contributed by atoms with E-state index in [-0.39, 0.29) is 16.2 Å². The number of nitrogens with zero attached hydrogens (tertiary/aromatic N) is 1. The van der Waals surface area contributed by atoms with E-state index >= 15 is 0 Å². The van der Waals surface area contributed by atoms with Gasteiger partial charge in [0, 0.05) is 32.0 Å². The lowest BCUT2D eigenvalue weighted by Gasteiger charge is -2.78. The van der Waals surface area contributed by atoms with E-state index in [1.54, 1.807) is 11.1 Å². The molecule has 2 bridgehead atoms. The van der Waals surface area contributed by atoms with Crippen LogP contribution in [-0.4, -0.2) is 0 Å². The number of hydrogen-bond donors (Lipinski definition) is 0. The van der Waals surface area contributed by atoms with Crippen molar-refractivity contribution in [3.05, 3.63) is 150 Å². The van der Waals surface area contributed by atoms with Gasteiger partial charge in [0.15, 0.2) is 0 Å². The molecule has 0 N–H and O–H groups in total. The summed E-state index contributed by atoms with van der Waals surface area (Å²) < 4.78 is 0. The van der Waals surface area contributed by atoms with Gasteiger partial charge in [-0.25, -0.2) is 0 Å². The average molecular weight is 720 g/mol. The first-order chi connectivity index (χ1) is 26.2. The fourth-order valence-electron chi connectivity index (χ4n) is 13.6. The minimum Gasteiger partial charge on any atom is -0.310 e. The van der Waals surface area contributed by atoms with Gasteiger partial charge < -0.3 is 4.90 Å². The molecule has 1 nitrogen and oxygen atoms in total. The zero-order chi connectivity index (χ0) is 36.2. The smallest absolute Gasteiger partial charge is 0.0540 e. The predicted molar refractivity (Wildman–Crippen MR) is 226 cm³/mol. The van der Waals surface area contributed by atoms with Crippen LogP contribution in [0.4, 0.5) is 17.1 Å². The summed E-state index contributed by atoms with van der Waals surface area (Å²) in [5, 5.41) is 2.55. The van der Waals surface area contributed by atoms with E-state index in [0.717, 1.165) is 23.7 Å². The number of rotatable bonds is 4. The molecular formula is C52H49NS. The molecule has 4 saturated carbocycles. The molecule has 6 atom stereocenters. The molecule has 54 heavy (non-hydrogen) atoms. The Bertz CT molecular complexity index is 2540. The third-order valence-electron chi connectivity index (χ3n) is 16.0. The second kappa shape index (κ2) is 10.7. The number of hydrogen-bond acceptors (Lipinski definition) is 2. The summed E-state index contributed by atoms with van der Waals surface area (Å²) >= 11 is 2.01. The standard InChI is InChI=1S/C52H49NS/c1-49(2)24-25-50(3,4)43-28-35(18-22-40(43)49)33-16-19-37(20-17-33)53(44-14-9-11-34-10-5-6-12-39(34)44)38-21-23-42-46(30-38)54-45-15-8-7-13-41(45)52(42)47-27-32-26-36-29-48(52)51(36,47)31-32/h5-23,28,30,32,36,47-48H,24-27,29,31H2,1-4H3. The van der Waals surface area contributed by atoms with Gasteiger partial charge in [-0.1, -0.05) is 130 Å². The van der Waals surface area contributed by atoms with Crippen molar-refractivity contribution in [2.24, 2.45) is 29.1 Å². The first kappa shape index (κ1) is 32.0. The fourth-order valence-corrected chi connectivity index (χ4v) is 14.9. The Morgan fingerprint density at radius 2 is 1.24 bits per heavy atom. The maximum absolute atomic E-state index is 2.57. The molecule has 12 rings (SSSR count). The van der Waals surface area contributed by atoms with Crippen LogP contribution in [-0.2, 0) is 16.2 Å². The predicted octanol–water partition coefficient (Wildman–Crippen LogP) is 14.1. The second-order valence-electron chi connectivity index (χ2n) is 19.2. The molecule has 1 heterocycles. The quantitative estimate of drug-likeness (QED) is 0.178. The summed E-state index contributed by atoms with van der Waals surface area (Å²) in [6.45, 7) is 9.69. The molecule has 2 heteroatoms. The summed E-state index contributed by atoms with van der Waals surface area (Å²) in [6.07, 6.45) is 8.34. The lowest BCUT2D eigenvalue weighted by molar-refractivity contribution is -0.235. The molecule has 4 fully saturated rings. The highest BCUT2D eigenvalue weighted by Gasteiger charge is 2.84. The van der Waals surface area contributed by atoms with Crippen LogP contribution in [0.25, 0.3) is 21.9 Å². The Labute approximate surface area is 325 Å². The van der Waals surface area contributed by atoms with Gasteiger partial charge in [0.2, 0.25) is 0 Å². The molecule has 6 aromatic carbocycles. The highest BCUT2D eigenvalue weighted by molar-refractivity contribution is 7.99. The van der Waals surface area contributed by atoms with Crippen LogP contribution in [0.2, 0.25) is 0 Å². The zero-order valence-corrected chi connectivity index (χ0v) is 32.8. The van der Waals surface area contributed by atoms with Crippen molar-refractivity contribution in [3.63, 3.8) is 0 Å². The molecule has 0 saturated heterocycles. The van der Waals surface area contributed by atoms with Crippen molar-refractivity contribution in [1.29, 1.82) is 0 Å². The third kappa shape index (κ3) is 3.98. The van der Waals surface area contributed by atoms with Gasteiger partial charge in [-0.15, -0.1) is 0 Å². The molecule has 2 spiro atoms. The maximum Gasteiger partial charge on any atom is 0.0540 e. The van der Waals surface area contributed by atoms with Crippen molar-refractivity contribution in [3.8, 4) is 11.1 Å². The fraction of sp³-hybridized carbons (Fsp3) is 0.346. The molecule has 1 aliphatic heterocycles. The van der Waals surface area contributed by atoms with E-state index in [4.69, 9.17) is 0 Å². The Morgan fingerprint density at radius 3 is 2.09 bits per heavy atom. The molecular weight excluding hydrogens is 671 g/mol. The highest BCUT2D eigenvalue weighted by atomic mass is 32.2. The number of benzene rings is 6. The van der Waals surface area contributed by atoms with Gasteiger partial charge in [-0.2, -0.15) is 0 Å². The van der Waals surface area contributed by atoms with Gasteiger partial charge in [-0.05, 0) is 154 Å².